The summed E-state index contributed by atoms with van der Waals surface area (Å²) in [4.78, 5) is 30.9. The predicted molar refractivity (Wildman–Crippen MR) is 151 cm³/mol. The van der Waals surface area contributed by atoms with Crippen LogP contribution in [0.15, 0.2) is 76.8 Å². The second-order valence-electron chi connectivity index (χ2n) is 10.1. The molecule has 0 spiro atoms. The van der Waals surface area contributed by atoms with E-state index in [1.807, 2.05) is 61.5 Å². The van der Waals surface area contributed by atoms with Crippen LogP contribution in [-0.4, -0.2) is 9.55 Å². The van der Waals surface area contributed by atoms with Gasteiger partial charge in [0.2, 0.25) is 0 Å². The molecular formula is C32H28N2O2. The summed E-state index contributed by atoms with van der Waals surface area (Å²) < 4.78 is 2.17. The van der Waals surface area contributed by atoms with Crippen molar-refractivity contribution in [3.8, 4) is 0 Å². The van der Waals surface area contributed by atoms with Crippen molar-refractivity contribution in [3.63, 3.8) is 0 Å². The summed E-state index contributed by atoms with van der Waals surface area (Å²) in [7, 11) is 0. The second-order valence-corrected chi connectivity index (χ2v) is 10.1. The Balaban J connectivity index is 1.70. The van der Waals surface area contributed by atoms with Gasteiger partial charge in [0.1, 0.15) is 0 Å². The van der Waals surface area contributed by atoms with Gasteiger partial charge in [-0.3, -0.25) is 9.59 Å². The molecule has 1 aliphatic rings. The number of nitrogens with one attached hydrogen (secondary N) is 1. The summed E-state index contributed by atoms with van der Waals surface area (Å²) in [5.74, 6) is 0.416. The molecule has 2 unspecified atom stereocenters. The molecule has 0 amide bonds. The lowest BCUT2D eigenvalue weighted by Crippen LogP contribution is -2.22. The Labute approximate surface area is 209 Å². The molecule has 4 heteroatoms. The monoisotopic (exact) mass is 472 g/mol. The van der Waals surface area contributed by atoms with Crippen LogP contribution in [0.5, 0.6) is 0 Å². The van der Waals surface area contributed by atoms with Gasteiger partial charge < -0.3 is 9.55 Å². The van der Waals surface area contributed by atoms with E-state index < -0.39 is 0 Å². The number of benzene rings is 3. The van der Waals surface area contributed by atoms with E-state index in [-0.39, 0.29) is 16.8 Å². The molecule has 0 fully saturated rings. The first-order valence-corrected chi connectivity index (χ1v) is 12.4. The van der Waals surface area contributed by atoms with E-state index in [1.165, 1.54) is 0 Å². The molecule has 0 saturated heterocycles. The first-order chi connectivity index (χ1) is 17.4. The van der Waals surface area contributed by atoms with Gasteiger partial charge in [0.25, 0.3) is 0 Å². The van der Waals surface area contributed by atoms with Crippen molar-refractivity contribution in [2.75, 3.05) is 0 Å². The zero-order chi connectivity index (χ0) is 25.1. The summed E-state index contributed by atoms with van der Waals surface area (Å²) in [5.41, 5.74) is 7.24. The van der Waals surface area contributed by atoms with Gasteiger partial charge in [-0.05, 0) is 60.2 Å². The number of aromatic amines is 1. The predicted octanol–water partition coefficient (Wildman–Crippen LogP) is 6.76. The minimum Gasteiger partial charge on any atom is -0.355 e. The standard InChI is InChI=1S/C32H28N2O2/c1-5-21-8-10-22(11-9-21)17-34-28-13-6-18(2)14-24(28)31(35)25-15-27-23(16-29(25)34)32(36)30-20(4)19(3)7-12-26(30)33-27/h5-16,19-20H,1,17H2,2-4H3,(H,33,36). The Kier molecular flexibility index (Phi) is 5.08. The number of pyridine rings is 2. The second kappa shape index (κ2) is 8.20. The maximum absolute atomic E-state index is 13.8. The fourth-order valence-corrected chi connectivity index (χ4v) is 5.48. The van der Waals surface area contributed by atoms with Crippen LogP contribution >= 0.6 is 0 Å². The Morgan fingerprint density at radius 2 is 1.67 bits per heavy atom. The van der Waals surface area contributed by atoms with Crippen LogP contribution in [-0.2, 0) is 6.54 Å². The Morgan fingerprint density at radius 3 is 2.42 bits per heavy atom. The zero-order valence-electron chi connectivity index (χ0n) is 20.8. The lowest BCUT2D eigenvalue weighted by atomic mass is 9.82. The molecule has 1 aliphatic carbocycles. The van der Waals surface area contributed by atoms with Crippen molar-refractivity contribution < 1.29 is 0 Å². The maximum Gasteiger partial charge on any atom is 0.197 e. The fourth-order valence-electron chi connectivity index (χ4n) is 5.48. The summed E-state index contributed by atoms with van der Waals surface area (Å²) >= 11 is 0. The lowest BCUT2D eigenvalue weighted by molar-refractivity contribution is 0.580. The molecule has 178 valence electrons. The van der Waals surface area contributed by atoms with Crippen LogP contribution in [0.3, 0.4) is 0 Å². The van der Waals surface area contributed by atoms with Gasteiger partial charge in [0.05, 0.1) is 16.6 Å². The Morgan fingerprint density at radius 1 is 0.917 bits per heavy atom. The zero-order valence-corrected chi connectivity index (χ0v) is 20.8. The van der Waals surface area contributed by atoms with Crippen molar-refractivity contribution in [1.29, 1.82) is 0 Å². The highest BCUT2D eigenvalue weighted by atomic mass is 16.1. The summed E-state index contributed by atoms with van der Waals surface area (Å²) in [6.45, 7) is 10.7. The van der Waals surface area contributed by atoms with E-state index in [2.05, 4.69) is 48.2 Å². The van der Waals surface area contributed by atoms with Crippen LogP contribution < -0.4 is 10.9 Å². The lowest BCUT2D eigenvalue weighted by Gasteiger charge is -2.24. The number of rotatable bonds is 3. The number of H-pyrrole nitrogens is 1. The van der Waals surface area contributed by atoms with Crippen LogP contribution in [0.1, 0.15) is 47.7 Å². The molecule has 2 atom stereocenters. The van der Waals surface area contributed by atoms with Gasteiger partial charge >= 0.3 is 0 Å². The first-order valence-electron chi connectivity index (χ1n) is 12.4. The van der Waals surface area contributed by atoms with Gasteiger partial charge in [0, 0.05) is 34.0 Å². The molecule has 1 N–H and O–H groups in total. The van der Waals surface area contributed by atoms with E-state index in [9.17, 15) is 9.59 Å². The van der Waals surface area contributed by atoms with Gasteiger partial charge in [-0.2, -0.15) is 0 Å². The number of aryl methyl sites for hydroxylation is 1. The van der Waals surface area contributed by atoms with E-state index >= 15 is 0 Å². The largest absolute Gasteiger partial charge is 0.355 e. The van der Waals surface area contributed by atoms with Gasteiger partial charge in [0.15, 0.2) is 10.9 Å². The molecule has 36 heavy (non-hydrogen) atoms. The van der Waals surface area contributed by atoms with Crippen LogP contribution in [0, 0.1) is 12.8 Å². The minimum absolute atomic E-state index is 0.0139. The fraction of sp³-hybridized carbons (Fsp3) is 0.188. The number of allylic oxidation sites excluding steroid dienone is 1. The number of nitrogens with zero attached hydrogens (tertiary/aromatic N) is 1. The molecule has 0 radical (unpaired) electrons. The average molecular weight is 473 g/mol. The average Bonchev–Trinajstić information content (AvgIpc) is 2.88. The third kappa shape index (κ3) is 3.36. The summed E-state index contributed by atoms with van der Waals surface area (Å²) in [6.07, 6.45) is 5.96. The van der Waals surface area contributed by atoms with Crippen molar-refractivity contribution in [3.05, 3.63) is 116 Å². The number of hydrogen-bond donors (Lipinski definition) is 1. The quantitative estimate of drug-likeness (QED) is 0.295. The number of fused-ring (bicyclic) bond motifs is 4. The summed E-state index contributed by atoms with van der Waals surface area (Å²) in [6, 6.07) is 18.0. The molecule has 0 bridgehead atoms. The maximum atomic E-state index is 13.8. The molecule has 3 aromatic carbocycles. The third-order valence-corrected chi connectivity index (χ3v) is 7.77. The number of hydrogen-bond acceptors (Lipinski definition) is 2. The Bertz CT molecular complexity index is 1850. The molecule has 6 rings (SSSR count). The Hall–Kier alpha value is -4.18. The molecule has 5 aromatic rings. The molecule has 4 nitrogen and oxygen atoms in total. The highest BCUT2D eigenvalue weighted by Crippen LogP contribution is 2.33. The van der Waals surface area contributed by atoms with Crippen LogP contribution in [0.25, 0.3) is 44.9 Å². The highest BCUT2D eigenvalue weighted by Gasteiger charge is 2.24. The molecule has 2 aromatic heterocycles. The highest BCUT2D eigenvalue weighted by molar-refractivity contribution is 6.01. The van der Waals surface area contributed by atoms with Crippen molar-refractivity contribution in [2.45, 2.75) is 33.2 Å². The van der Waals surface area contributed by atoms with E-state index in [0.29, 0.717) is 34.1 Å². The van der Waals surface area contributed by atoms with Crippen molar-refractivity contribution in [1.82, 2.24) is 9.55 Å². The van der Waals surface area contributed by atoms with Crippen LogP contribution in [0.4, 0.5) is 0 Å². The van der Waals surface area contributed by atoms with E-state index in [4.69, 9.17) is 0 Å². The van der Waals surface area contributed by atoms with Gasteiger partial charge in [-0.15, -0.1) is 0 Å². The van der Waals surface area contributed by atoms with Gasteiger partial charge in [-0.1, -0.05) is 68.5 Å². The van der Waals surface area contributed by atoms with E-state index in [1.54, 1.807) is 0 Å². The topological polar surface area (TPSA) is 54.9 Å². The molecule has 0 saturated carbocycles. The van der Waals surface area contributed by atoms with Crippen molar-refractivity contribution >= 4 is 44.9 Å². The van der Waals surface area contributed by atoms with Crippen molar-refractivity contribution in [2.24, 2.45) is 5.92 Å². The first kappa shape index (κ1) is 22.3. The smallest absolute Gasteiger partial charge is 0.197 e. The molecular weight excluding hydrogens is 444 g/mol. The number of aromatic nitrogens is 2. The molecule has 0 aliphatic heterocycles. The van der Waals surface area contributed by atoms with Crippen LogP contribution in [0.2, 0.25) is 0 Å². The molecule has 2 heterocycles. The van der Waals surface area contributed by atoms with Gasteiger partial charge in [-0.25, -0.2) is 0 Å². The SMILES string of the molecule is C=Cc1ccc(Cn2c3ccc(C)cc3c(=O)c3cc4[nH]c5c(c(=O)c4cc32)C(C)C(C)C=C5)cc1. The minimum atomic E-state index is -0.0139. The normalized spacial score (nSPS) is 17.1. The van der Waals surface area contributed by atoms with E-state index in [0.717, 1.165) is 39.0 Å². The third-order valence-electron chi connectivity index (χ3n) is 7.77. The summed E-state index contributed by atoms with van der Waals surface area (Å²) in [5, 5.41) is 1.92.